The molecule has 1 amide bonds. The van der Waals surface area contributed by atoms with Crippen molar-refractivity contribution in [1.82, 2.24) is 4.90 Å². The maximum Gasteiger partial charge on any atom is 0.339 e. The van der Waals surface area contributed by atoms with Gasteiger partial charge in [-0.1, -0.05) is 32.9 Å². The van der Waals surface area contributed by atoms with Gasteiger partial charge in [0.2, 0.25) is 5.91 Å². The van der Waals surface area contributed by atoms with Crippen molar-refractivity contribution in [2.45, 2.75) is 38.6 Å². The molecule has 7 heteroatoms. The molecule has 0 unspecified atom stereocenters. The third-order valence-electron chi connectivity index (χ3n) is 3.82. The van der Waals surface area contributed by atoms with E-state index >= 15 is 0 Å². The van der Waals surface area contributed by atoms with Gasteiger partial charge in [0.25, 0.3) is 0 Å². The number of carbonyl (C=O) groups excluding carboxylic acids is 1. The van der Waals surface area contributed by atoms with Crippen molar-refractivity contribution in [3.63, 3.8) is 0 Å². The number of benzene rings is 2. The molecule has 0 aliphatic heterocycles. The van der Waals surface area contributed by atoms with Gasteiger partial charge in [0.1, 0.15) is 16.5 Å². The number of hydrogen-bond acceptors (Lipinski definition) is 4. The monoisotopic (exact) mass is 393 g/mol. The highest BCUT2D eigenvalue weighted by Gasteiger charge is 2.18. The van der Waals surface area contributed by atoms with Crippen molar-refractivity contribution >= 4 is 16.0 Å². The molecular weight excluding hydrogens is 369 g/mol. The van der Waals surface area contributed by atoms with E-state index in [2.05, 4.69) is 0 Å². The van der Waals surface area contributed by atoms with Crippen LogP contribution in [0.25, 0.3) is 0 Å². The Morgan fingerprint density at radius 1 is 1.15 bits per heavy atom. The maximum absolute atomic E-state index is 13.0. The Labute approximate surface area is 159 Å². The largest absolute Gasteiger partial charge is 0.379 e. The first-order chi connectivity index (χ1) is 12.7. The summed E-state index contributed by atoms with van der Waals surface area (Å²) in [6.45, 7) is 6.87. The van der Waals surface area contributed by atoms with Crippen molar-refractivity contribution in [2.24, 2.45) is 5.92 Å². The molecule has 2 rings (SSSR count). The Hall–Kier alpha value is -2.41. The van der Waals surface area contributed by atoms with E-state index < -0.39 is 15.9 Å². The molecule has 0 spiro atoms. The zero-order valence-corrected chi connectivity index (χ0v) is 16.5. The molecule has 0 fully saturated rings. The summed E-state index contributed by atoms with van der Waals surface area (Å²) in [5.41, 5.74) is 0.768. The highest BCUT2D eigenvalue weighted by atomic mass is 32.2. The summed E-state index contributed by atoms with van der Waals surface area (Å²) >= 11 is 0. The molecule has 0 saturated carbocycles. The predicted molar refractivity (Wildman–Crippen MR) is 101 cm³/mol. The Kier molecular flexibility index (Phi) is 6.96. The van der Waals surface area contributed by atoms with Gasteiger partial charge < -0.3 is 9.08 Å². The molecule has 0 saturated heterocycles. The zero-order chi connectivity index (χ0) is 20.0. The second-order valence-corrected chi connectivity index (χ2v) is 8.21. The Bertz CT molecular complexity index is 879. The molecule has 0 heterocycles. The van der Waals surface area contributed by atoms with Gasteiger partial charge in [-0.15, -0.1) is 0 Å². The molecular formula is C20H24FNO4S. The summed E-state index contributed by atoms with van der Waals surface area (Å²) in [5.74, 6) is -0.0280. The summed E-state index contributed by atoms with van der Waals surface area (Å²) in [4.78, 5) is 13.8. The van der Waals surface area contributed by atoms with Crippen molar-refractivity contribution < 1.29 is 21.8 Å². The lowest BCUT2D eigenvalue weighted by atomic mass is 10.1. The smallest absolute Gasteiger partial charge is 0.339 e. The van der Waals surface area contributed by atoms with Crippen LogP contribution in [-0.2, 0) is 21.5 Å². The van der Waals surface area contributed by atoms with Crippen molar-refractivity contribution in [1.29, 1.82) is 0 Å². The van der Waals surface area contributed by atoms with Crippen LogP contribution in [0.2, 0.25) is 0 Å². The lowest BCUT2D eigenvalue weighted by molar-refractivity contribution is -0.132. The van der Waals surface area contributed by atoms with E-state index in [1.54, 1.807) is 17.0 Å². The van der Waals surface area contributed by atoms with Crippen molar-refractivity contribution in [3.05, 3.63) is 59.9 Å². The minimum absolute atomic E-state index is 0.0361. The Balaban J connectivity index is 2.18. The van der Waals surface area contributed by atoms with Crippen LogP contribution >= 0.6 is 0 Å². The lowest BCUT2D eigenvalue weighted by Crippen LogP contribution is -2.33. The molecule has 0 aliphatic rings. The van der Waals surface area contributed by atoms with Crippen LogP contribution in [0.3, 0.4) is 0 Å². The summed E-state index contributed by atoms with van der Waals surface area (Å²) in [6, 6.07) is 11.0. The number of amides is 1. The first-order valence-corrected chi connectivity index (χ1v) is 10.2. The normalized spacial score (nSPS) is 11.4. The quantitative estimate of drug-likeness (QED) is 0.636. The number of nitrogens with zero attached hydrogens (tertiary/aromatic N) is 1. The molecule has 5 nitrogen and oxygen atoms in total. The fourth-order valence-corrected chi connectivity index (χ4v) is 3.53. The molecule has 0 radical (unpaired) electrons. The number of hydrogen-bond donors (Lipinski definition) is 0. The average molecular weight is 393 g/mol. The Morgan fingerprint density at radius 3 is 2.41 bits per heavy atom. The van der Waals surface area contributed by atoms with Crippen molar-refractivity contribution in [3.8, 4) is 5.75 Å². The molecule has 0 aromatic heterocycles. The molecule has 2 aromatic rings. The van der Waals surface area contributed by atoms with Crippen molar-refractivity contribution in [2.75, 3.05) is 6.54 Å². The number of rotatable bonds is 8. The van der Waals surface area contributed by atoms with E-state index in [1.165, 1.54) is 6.07 Å². The number of carbonyl (C=O) groups is 1. The topological polar surface area (TPSA) is 63.7 Å². The van der Waals surface area contributed by atoms with E-state index in [4.69, 9.17) is 4.18 Å². The summed E-state index contributed by atoms with van der Waals surface area (Å²) in [6.07, 6.45) is 0.405. The van der Waals surface area contributed by atoms with Gasteiger partial charge in [-0.2, -0.15) is 8.42 Å². The van der Waals surface area contributed by atoms with E-state index in [0.717, 1.165) is 29.8 Å². The predicted octanol–water partition coefficient (Wildman–Crippen LogP) is 3.99. The second kappa shape index (κ2) is 8.99. The molecule has 146 valence electrons. The standard InChI is InChI=1S/C20H24FNO4S/c1-4-20(23)22(13-15(2)3)14-16-6-5-7-18(12-16)26-27(24,25)19-10-8-17(21)9-11-19/h5-12,15H,4,13-14H2,1-3H3. The van der Waals surface area contributed by atoms with Crippen LogP contribution in [0.4, 0.5) is 4.39 Å². The third kappa shape index (κ3) is 6.06. The highest BCUT2D eigenvalue weighted by molar-refractivity contribution is 7.87. The van der Waals surface area contributed by atoms with Gasteiger partial charge in [0.15, 0.2) is 0 Å². The van der Waals surface area contributed by atoms with Crippen LogP contribution in [-0.4, -0.2) is 25.8 Å². The maximum atomic E-state index is 13.0. The van der Waals surface area contributed by atoms with Gasteiger partial charge in [-0.25, -0.2) is 4.39 Å². The van der Waals surface area contributed by atoms with Crippen LogP contribution < -0.4 is 4.18 Å². The molecule has 0 aliphatic carbocycles. The highest BCUT2D eigenvalue weighted by Crippen LogP contribution is 2.21. The van der Waals surface area contributed by atoms with Gasteiger partial charge in [0, 0.05) is 19.5 Å². The first-order valence-electron chi connectivity index (χ1n) is 8.78. The molecule has 2 aromatic carbocycles. The average Bonchev–Trinajstić information content (AvgIpc) is 2.60. The van der Waals surface area contributed by atoms with Crippen LogP contribution in [0.15, 0.2) is 53.4 Å². The molecule has 0 N–H and O–H groups in total. The fourth-order valence-electron chi connectivity index (χ4n) is 2.61. The fraction of sp³-hybridized carbons (Fsp3) is 0.350. The SMILES string of the molecule is CCC(=O)N(Cc1cccc(OS(=O)(=O)c2ccc(F)cc2)c1)CC(C)C. The molecule has 27 heavy (non-hydrogen) atoms. The zero-order valence-electron chi connectivity index (χ0n) is 15.7. The first kappa shape index (κ1) is 20.9. The Morgan fingerprint density at radius 2 is 1.81 bits per heavy atom. The second-order valence-electron chi connectivity index (χ2n) is 6.66. The van der Waals surface area contributed by atoms with E-state index in [9.17, 15) is 17.6 Å². The summed E-state index contributed by atoms with van der Waals surface area (Å²) < 4.78 is 42.8. The van der Waals surface area contributed by atoms with Gasteiger partial charge in [0.05, 0.1) is 0 Å². The molecule has 0 bridgehead atoms. The summed E-state index contributed by atoms with van der Waals surface area (Å²) in [5, 5.41) is 0. The minimum atomic E-state index is -4.06. The minimum Gasteiger partial charge on any atom is -0.379 e. The van der Waals surface area contributed by atoms with Crippen LogP contribution in [0, 0.1) is 11.7 Å². The number of halogens is 1. The third-order valence-corrected chi connectivity index (χ3v) is 5.08. The van der Waals surface area contributed by atoms with Crippen LogP contribution in [0.1, 0.15) is 32.8 Å². The van der Waals surface area contributed by atoms with E-state index in [1.807, 2.05) is 26.8 Å². The van der Waals surface area contributed by atoms with E-state index in [0.29, 0.717) is 25.4 Å². The van der Waals surface area contributed by atoms with Gasteiger partial charge >= 0.3 is 10.1 Å². The van der Waals surface area contributed by atoms with Gasteiger partial charge in [-0.3, -0.25) is 4.79 Å². The summed E-state index contributed by atoms with van der Waals surface area (Å²) in [7, 11) is -4.06. The van der Waals surface area contributed by atoms with E-state index in [-0.39, 0.29) is 16.6 Å². The van der Waals surface area contributed by atoms with Gasteiger partial charge in [-0.05, 0) is 47.9 Å². The lowest BCUT2D eigenvalue weighted by Gasteiger charge is -2.24. The molecule has 0 atom stereocenters. The van der Waals surface area contributed by atoms with Crippen LogP contribution in [0.5, 0.6) is 5.75 Å².